The highest BCUT2D eigenvalue weighted by atomic mass is 79.9. The number of amides is 1. The molecule has 0 N–H and O–H groups in total. The fourth-order valence-corrected chi connectivity index (χ4v) is 2.75. The summed E-state index contributed by atoms with van der Waals surface area (Å²) in [6.45, 7) is 1.74. The number of halogens is 1. The molecule has 2 heterocycles. The van der Waals surface area contributed by atoms with Crippen molar-refractivity contribution >= 4 is 21.8 Å². The Hall–Kier alpha value is -0.840. The predicted molar refractivity (Wildman–Crippen MR) is 65.6 cm³/mol. The van der Waals surface area contributed by atoms with Crippen LogP contribution in [0.15, 0.2) is 12.3 Å². The van der Waals surface area contributed by atoms with Crippen LogP contribution in [0.5, 0.6) is 0 Å². The van der Waals surface area contributed by atoms with Gasteiger partial charge in [0, 0.05) is 31.7 Å². The van der Waals surface area contributed by atoms with Gasteiger partial charge in [0.2, 0.25) is 0 Å². The fraction of sp³-hybridized carbons (Fsp3) is 0.636. The summed E-state index contributed by atoms with van der Waals surface area (Å²) in [5.74, 6) is 0.713. The average molecular weight is 286 g/mol. The highest BCUT2D eigenvalue weighted by Gasteiger charge is 2.27. The number of likely N-dealkylation sites (tertiary alicyclic amines) is 1. The minimum absolute atomic E-state index is 0.0673. The van der Waals surface area contributed by atoms with Gasteiger partial charge in [0.25, 0.3) is 5.91 Å². The summed E-state index contributed by atoms with van der Waals surface area (Å²) in [7, 11) is 1.83. The number of aromatic nitrogens is 2. The SMILES string of the molecule is Cn1ccc(C(=O)N2CCC(CCBr)C2)n1. The first kappa shape index (κ1) is 11.6. The lowest BCUT2D eigenvalue weighted by Crippen LogP contribution is -2.29. The molecule has 1 fully saturated rings. The van der Waals surface area contributed by atoms with Crippen LogP contribution in [-0.2, 0) is 7.05 Å². The molecule has 1 aromatic rings. The zero-order valence-corrected chi connectivity index (χ0v) is 11.0. The van der Waals surface area contributed by atoms with E-state index in [1.165, 1.54) is 0 Å². The molecule has 1 atom stereocenters. The van der Waals surface area contributed by atoms with Crippen molar-refractivity contribution in [2.75, 3.05) is 18.4 Å². The number of carbonyl (C=O) groups excluding carboxylic acids is 1. The molecule has 0 aromatic carbocycles. The van der Waals surface area contributed by atoms with E-state index in [-0.39, 0.29) is 5.91 Å². The number of nitrogens with zero attached hydrogens (tertiary/aromatic N) is 3. The molecule has 4 nitrogen and oxygen atoms in total. The van der Waals surface area contributed by atoms with Gasteiger partial charge in [0.1, 0.15) is 5.69 Å². The van der Waals surface area contributed by atoms with Crippen LogP contribution in [0.2, 0.25) is 0 Å². The minimum atomic E-state index is 0.0673. The summed E-state index contributed by atoms with van der Waals surface area (Å²) in [5.41, 5.74) is 0.557. The smallest absolute Gasteiger partial charge is 0.274 e. The lowest BCUT2D eigenvalue weighted by atomic mass is 10.1. The number of hydrogen-bond acceptors (Lipinski definition) is 2. The topological polar surface area (TPSA) is 38.1 Å². The molecule has 1 aliphatic heterocycles. The van der Waals surface area contributed by atoms with Crippen molar-refractivity contribution in [2.24, 2.45) is 13.0 Å². The molecular formula is C11H16BrN3O. The van der Waals surface area contributed by atoms with Gasteiger partial charge in [-0.2, -0.15) is 5.10 Å². The van der Waals surface area contributed by atoms with E-state index in [9.17, 15) is 4.79 Å². The lowest BCUT2D eigenvalue weighted by Gasteiger charge is -2.14. The Bertz CT molecular complexity index is 377. The summed E-state index contributed by atoms with van der Waals surface area (Å²) >= 11 is 3.45. The first-order valence-corrected chi connectivity index (χ1v) is 6.67. The Morgan fingerprint density at radius 2 is 2.50 bits per heavy atom. The van der Waals surface area contributed by atoms with E-state index in [1.807, 2.05) is 11.9 Å². The molecule has 5 heteroatoms. The zero-order chi connectivity index (χ0) is 11.5. The number of aryl methyl sites for hydroxylation is 1. The quantitative estimate of drug-likeness (QED) is 0.793. The third kappa shape index (κ3) is 2.45. The van der Waals surface area contributed by atoms with Gasteiger partial charge in [0.15, 0.2) is 0 Å². The van der Waals surface area contributed by atoms with Crippen molar-refractivity contribution in [2.45, 2.75) is 12.8 Å². The van der Waals surface area contributed by atoms with E-state index in [2.05, 4.69) is 21.0 Å². The van der Waals surface area contributed by atoms with Gasteiger partial charge in [-0.3, -0.25) is 9.48 Å². The maximum absolute atomic E-state index is 12.0. The first-order valence-electron chi connectivity index (χ1n) is 5.55. The predicted octanol–water partition coefficient (Wildman–Crippen LogP) is 1.67. The molecular weight excluding hydrogens is 270 g/mol. The van der Waals surface area contributed by atoms with E-state index >= 15 is 0 Å². The van der Waals surface area contributed by atoms with Crippen LogP contribution in [0, 0.1) is 5.92 Å². The lowest BCUT2D eigenvalue weighted by molar-refractivity contribution is 0.0780. The normalized spacial score (nSPS) is 20.4. The van der Waals surface area contributed by atoms with Gasteiger partial charge in [-0.25, -0.2) is 0 Å². The van der Waals surface area contributed by atoms with Gasteiger partial charge in [-0.1, -0.05) is 15.9 Å². The number of alkyl halides is 1. The van der Waals surface area contributed by atoms with E-state index in [0.29, 0.717) is 11.6 Å². The van der Waals surface area contributed by atoms with Crippen molar-refractivity contribution < 1.29 is 4.79 Å². The molecule has 0 spiro atoms. The monoisotopic (exact) mass is 285 g/mol. The first-order chi connectivity index (χ1) is 7.70. The molecule has 1 aromatic heterocycles. The van der Waals surface area contributed by atoms with Crippen molar-refractivity contribution in [1.82, 2.24) is 14.7 Å². The minimum Gasteiger partial charge on any atom is -0.337 e. The Balaban J connectivity index is 1.97. The van der Waals surface area contributed by atoms with Gasteiger partial charge < -0.3 is 4.90 Å². The molecule has 0 saturated carbocycles. The highest BCUT2D eigenvalue weighted by molar-refractivity contribution is 9.09. The van der Waals surface area contributed by atoms with Crippen LogP contribution < -0.4 is 0 Å². The van der Waals surface area contributed by atoms with E-state index in [1.54, 1.807) is 16.9 Å². The van der Waals surface area contributed by atoms with Crippen LogP contribution in [0.25, 0.3) is 0 Å². The van der Waals surface area contributed by atoms with E-state index < -0.39 is 0 Å². The van der Waals surface area contributed by atoms with Gasteiger partial charge in [-0.15, -0.1) is 0 Å². The third-order valence-electron chi connectivity index (χ3n) is 3.02. The van der Waals surface area contributed by atoms with E-state index in [4.69, 9.17) is 0 Å². The Kier molecular flexibility index (Phi) is 3.63. The van der Waals surface area contributed by atoms with Crippen LogP contribution in [0.1, 0.15) is 23.3 Å². The molecule has 1 saturated heterocycles. The Morgan fingerprint density at radius 1 is 1.69 bits per heavy atom. The van der Waals surface area contributed by atoms with Crippen molar-refractivity contribution in [3.8, 4) is 0 Å². The van der Waals surface area contributed by atoms with Crippen LogP contribution in [0.3, 0.4) is 0 Å². The summed E-state index contributed by atoms with van der Waals surface area (Å²) in [5, 5.41) is 5.16. The molecule has 0 aliphatic carbocycles. The molecule has 0 bridgehead atoms. The standard InChI is InChI=1S/C11H16BrN3O/c1-14-6-4-10(13-14)11(16)15-7-3-9(8-15)2-5-12/h4,6,9H,2-3,5,7-8H2,1H3. The summed E-state index contributed by atoms with van der Waals surface area (Å²) in [6, 6.07) is 1.78. The van der Waals surface area contributed by atoms with Crippen molar-refractivity contribution in [3.05, 3.63) is 18.0 Å². The Morgan fingerprint density at radius 3 is 3.12 bits per heavy atom. The molecule has 1 aliphatic rings. The van der Waals surface area contributed by atoms with Crippen LogP contribution in [0.4, 0.5) is 0 Å². The average Bonchev–Trinajstić information content (AvgIpc) is 2.87. The number of hydrogen-bond donors (Lipinski definition) is 0. The Labute approximate surface area is 104 Å². The summed E-state index contributed by atoms with van der Waals surface area (Å²) in [6.07, 6.45) is 4.06. The zero-order valence-electron chi connectivity index (χ0n) is 9.40. The van der Waals surface area contributed by atoms with Crippen molar-refractivity contribution in [3.63, 3.8) is 0 Å². The van der Waals surface area contributed by atoms with Gasteiger partial charge in [0.05, 0.1) is 0 Å². The number of carbonyl (C=O) groups is 1. The van der Waals surface area contributed by atoms with E-state index in [0.717, 1.165) is 31.3 Å². The third-order valence-corrected chi connectivity index (χ3v) is 3.48. The van der Waals surface area contributed by atoms with Gasteiger partial charge in [-0.05, 0) is 24.8 Å². The molecule has 88 valence electrons. The molecule has 2 rings (SSSR count). The van der Waals surface area contributed by atoms with Crippen LogP contribution >= 0.6 is 15.9 Å². The van der Waals surface area contributed by atoms with Crippen LogP contribution in [-0.4, -0.2) is 39.0 Å². The summed E-state index contributed by atoms with van der Waals surface area (Å²) in [4.78, 5) is 14.0. The highest BCUT2D eigenvalue weighted by Crippen LogP contribution is 2.21. The second-order valence-corrected chi connectivity index (χ2v) is 5.05. The molecule has 16 heavy (non-hydrogen) atoms. The second kappa shape index (κ2) is 4.99. The molecule has 1 unspecified atom stereocenters. The van der Waals surface area contributed by atoms with Crippen molar-refractivity contribution in [1.29, 1.82) is 0 Å². The maximum atomic E-state index is 12.0. The molecule has 1 amide bonds. The fourth-order valence-electron chi connectivity index (χ4n) is 2.10. The molecule has 0 radical (unpaired) electrons. The number of rotatable bonds is 3. The largest absolute Gasteiger partial charge is 0.337 e. The van der Waals surface area contributed by atoms with Gasteiger partial charge >= 0.3 is 0 Å². The maximum Gasteiger partial charge on any atom is 0.274 e. The second-order valence-electron chi connectivity index (χ2n) is 4.26. The summed E-state index contributed by atoms with van der Waals surface area (Å²) < 4.78 is 1.67.